The first-order valence-corrected chi connectivity index (χ1v) is 4.82. The number of nitrogens with zero attached hydrogens (tertiary/aromatic N) is 1. The van der Waals surface area contributed by atoms with Crippen LogP contribution in [0.5, 0.6) is 0 Å². The van der Waals surface area contributed by atoms with E-state index in [1.165, 1.54) is 6.07 Å². The largest absolute Gasteiger partial charge is 0.298 e. The first-order valence-electron chi connectivity index (χ1n) is 4.03. The molecule has 2 aromatic rings. The van der Waals surface area contributed by atoms with E-state index in [1.807, 2.05) is 0 Å². The zero-order valence-electron chi connectivity index (χ0n) is 7.30. The highest BCUT2D eigenvalue weighted by Gasteiger charge is 2.13. The van der Waals surface area contributed by atoms with E-state index in [-0.39, 0.29) is 17.4 Å². The van der Waals surface area contributed by atoms with E-state index in [9.17, 15) is 13.6 Å². The second-order valence-electron chi connectivity index (χ2n) is 2.92. The number of rotatable bonds is 1. The van der Waals surface area contributed by atoms with Crippen molar-refractivity contribution in [2.24, 2.45) is 0 Å². The van der Waals surface area contributed by atoms with Crippen LogP contribution in [-0.2, 0) is 0 Å². The van der Waals surface area contributed by atoms with Crippen LogP contribution in [0.1, 0.15) is 10.4 Å². The number of halogens is 3. The third kappa shape index (κ3) is 1.63. The molecule has 0 saturated heterocycles. The molecule has 15 heavy (non-hydrogen) atoms. The van der Waals surface area contributed by atoms with Crippen LogP contribution in [0.2, 0.25) is 0 Å². The Labute approximate surface area is 92.1 Å². The number of hydrogen-bond acceptors (Lipinski definition) is 2. The topological polar surface area (TPSA) is 30.0 Å². The van der Waals surface area contributed by atoms with Crippen molar-refractivity contribution in [3.8, 4) is 0 Å². The molecule has 76 valence electrons. The van der Waals surface area contributed by atoms with Crippen molar-refractivity contribution in [1.82, 2.24) is 4.98 Å². The highest BCUT2D eigenvalue weighted by molar-refractivity contribution is 9.10. The predicted molar refractivity (Wildman–Crippen MR) is 54.7 cm³/mol. The van der Waals surface area contributed by atoms with Crippen molar-refractivity contribution in [2.75, 3.05) is 0 Å². The predicted octanol–water partition coefficient (Wildman–Crippen LogP) is 3.09. The van der Waals surface area contributed by atoms with E-state index in [4.69, 9.17) is 0 Å². The fourth-order valence-electron chi connectivity index (χ4n) is 1.29. The lowest BCUT2D eigenvalue weighted by Crippen LogP contribution is -1.96. The van der Waals surface area contributed by atoms with Crippen molar-refractivity contribution < 1.29 is 13.6 Å². The smallest absolute Gasteiger partial charge is 0.185 e. The second kappa shape index (κ2) is 3.66. The Balaban J connectivity index is 2.90. The summed E-state index contributed by atoms with van der Waals surface area (Å²) in [7, 11) is 0. The number of benzene rings is 1. The first-order chi connectivity index (χ1) is 7.13. The molecule has 2 nitrogen and oxygen atoms in total. The van der Waals surface area contributed by atoms with Crippen molar-refractivity contribution in [3.05, 3.63) is 40.0 Å². The summed E-state index contributed by atoms with van der Waals surface area (Å²) in [5.41, 5.74) is -0.392. The standard InChI is InChI=1S/C10H4BrF2NO/c11-7-2-1-5-3-6(4-15)8(12)9(13)10(5)14-7/h1-4H. The molecule has 0 unspecified atom stereocenters. The van der Waals surface area contributed by atoms with Gasteiger partial charge in [0, 0.05) is 5.39 Å². The van der Waals surface area contributed by atoms with Gasteiger partial charge in [-0.25, -0.2) is 13.8 Å². The maximum Gasteiger partial charge on any atom is 0.185 e. The average Bonchev–Trinajstić information content (AvgIpc) is 2.24. The van der Waals surface area contributed by atoms with Gasteiger partial charge in [0.1, 0.15) is 10.1 Å². The van der Waals surface area contributed by atoms with Gasteiger partial charge in [-0.05, 0) is 34.1 Å². The number of hydrogen-bond donors (Lipinski definition) is 0. The molecule has 0 N–H and O–H groups in total. The van der Waals surface area contributed by atoms with Crippen LogP contribution in [0, 0.1) is 11.6 Å². The molecule has 2 rings (SSSR count). The minimum atomic E-state index is -1.16. The quantitative estimate of drug-likeness (QED) is 0.589. The Morgan fingerprint density at radius 2 is 2.00 bits per heavy atom. The van der Waals surface area contributed by atoms with Crippen molar-refractivity contribution >= 4 is 33.1 Å². The lowest BCUT2D eigenvalue weighted by molar-refractivity contribution is 0.111. The van der Waals surface area contributed by atoms with E-state index in [2.05, 4.69) is 20.9 Å². The summed E-state index contributed by atoms with van der Waals surface area (Å²) >= 11 is 3.06. The molecule has 0 amide bonds. The molecule has 0 radical (unpaired) electrons. The van der Waals surface area contributed by atoms with Gasteiger partial charge in [-0.2, -0.15) is 0 Å². The van der Waals surface area contributed by atoms with Crippen molar-refractivity contribution in [2.45, 2.75) is 0 Å². The number of pyridine rings is 1. The molecule has 0 bridgehead atoms. The number of carbonyl (C=O) groups excluding carboxylic acids is 1. The molecule has 0 saturated carbocycles. The summed E-state index contributed by atoms with van der Waals surface area (Å²) in [6.45, 7) is 0. The maximum atomic E-state index is 13.4. The molecule has 1 heterocycles. The Bertz CT molecular complexity index is 557. The maximum absolute atomic E-state index is 13.4. The van der Waals surface area contributed by atoms with Crippen molar-refractivity contribution in [3.63, 3.8) is 0 Å². The van der Waals surface area contributed by atoms with Crippen LogP contribution in [0.15, 0.2) is 22.8 Å². The number of aromatic nitrogens is 1. The minimum Gasteiger partial charge on any atom is -0.298 e. The van der Waals surface area contributed by atoms with Crippen LogP contribution < -0.4 is 0 Å². The summed E-state index contributed by atoms with van der Waals surface area (Å²) in [6, 6.07) is 4.41. The first kappa shape index (κ1) is 10.2. The highest BCUT2D eigenvalue weighted by Crippen LogP contribution is 2.23. The lowest BCUT2D eigenvalue weighted by Gasteiger charge is -2.02. The highest BCUT2D eigenvalue weighted by atomic mass is 79.9. The van der Waals surface area contributed by atoms with Crippen LogP contribution in [0.25, 0.3) is 10.9 Å². The molecule has 1 aromatic heterocycles. The molecule has 0 aliphatic rings. The van der Waals surface area contributed by atoms with E-state index in [0.29, 0.717) is 9.99 Å². The molecule has 0 aliphatic heterocycles. The second-order valence-corrected chi connectivity index (χ2v) is 3.73. The van der Waals surface area contributed by atoms with Gasteiger partial charge >= 0.3 is 0 Å². The monoisotopic (exact) mass is 271 g/mol. The Hall–Kier alpha value is -1.36. The van der Waals surface area contributed by atoms with Gasteiger partial charge in [-0.3, -0.25) is 4.79 Å². The normalized spacial score (nSPS) is 10.6. The fraction of sp³-hybridized carbons (Fsp3) is 0. The summed E-state index contributed by atoms with van der Waals surface area (Å²) in [6.07, 6.45) is 0.278. The summed E-state index contributed by atoms with van der Waals surface area (Å²) < 4.78 is 27.0. The molecular formula is C10H4BrF2NO. The van der Waals surface area contributed by atoms with E-state index in [1.54, 1.807) is 12.1 Å². The SMILES string of the molecule is O=Cc1cc2ccc(Br)nc2c(F)c1F. The molecular weight excluding hydrogens is 268 g/mol. The van der Waals surface area contributed by atoms with E-state index < -0.39 is 11.6 Å². The van der Waals surface area contributed by atoms with Crippen LogP contribution in [-0.4, -0.2) is 11.3 Å². The van der Waals surface area contributed by atoms with Crippen LogP contribution in [0.4, 0.5) is 8.78 Å². The van der Waals surface area contributed by atoms with Gasteiger partial charge in [0.2, 0.25) is 0 Å². The third-order valence-electron chi connectivity index (χ3n) is 1.98. The Morgan fingerprint density at radius 3 is 2.67 bits per heavy atom. The van der Waals surface area contributed by atoms with Crippen molar-refractivity contribution in [1.29, 1.82) is 0 Å². The lowest BCUT2D eigenvalue weighted by atomic mass is 10.1. The number of aldehydes is 1. The zero-order valence-corrected chi connectivity index (χ0v) is 8.88. The van der Waals surface area contributed by atoms with Gasteiger partial charge < -0.3 is 0 Å². The number of fused-ring (bicyclic) bond motifs is 1. The average molecular weight is 272 g/mol. The summed E-state index contributed by atoms with van der Waals surface area (Å²) in [5.74, 6) is -2.26. The Kier molecular flexibility index (Phi) is 2.48. The summed E-state index contributed by atoms with van der Waals surface area (Å²) in [4.78, 5) is 14.3. The molecule has 0 fully saturated rings. The van der Waals surface area contributed by atoms with Gasteiger partial charge in [-0.15, -0.1) is 0 Å². The molecule has 0 spiro atoms. The molecule has 5 heteroatoms. The van der Waals surface area contributed by atoms with Crippen LogP contribution in [0.3, 0.4) is 0 Å². The van der Waals surface area contributed by atoms with Gasteiger partial charge in [0.05, 0.1) is 5.56 Å². The summed E-state index contributed by atoms with van der Waals surface area (Å²) in [5, 5.41) is 0.388. The zero-order chi connectivity index (χ0) is 11.0. The van der Waals surface area contributed by atoms with Gasteiger partial charge in [0.25, 0.3) is 0 Å². The van der Waals surface area contributed by atoms with E-state index >= 15 is 0 Å². The fourth-order valence-corrected chi connectivity index (χ4v) is 1.60. The van der Waals surface area contributed by atoms with E-state index in [0.717, 1.165) is 0 Å². The van der Waals surface area contributed by atoms with Crippen LogP contribution >= 0.6 is 15.9 Å². The molecule has 1 aromatic carbocycles. The molecule has 0 atom stereocenters. The molecule has 0 aliphatic carbocycles. The number of carbonyl (C=O) groups is 1. The minimum absolute atomic E-state index is 0.0903. The van der Waals surface area contributed by atoms with Gasteiger partial charge in [0.15, 0.2) is 17.9 Å². The van der Waals surface area contributed by atoms with Gasteiger partial charge in [-0.1, -0.05) is 0 Å². The third-order valence-corrected chi connectivity index (χ3v) is 2.43. The Morgan fingerprint density at radius 1 is 1.27 bits per heavy atom.